The SMILES string of the molecule is CCC1=C(C(=O)OC)C(C(CC)CC)NC(=S)N1. The molecule has 0 aromatic heterocycles. The van der Waals surface area contributed by atoms with Gasteiger partial charge in [0.25, 0.3) is 0 Å². The predicted molar refractivity (Wildman–Crippen MR) is 76.1 cm³/mol. The van der Waals surface area contributed by atoms with Crippen LogP contribution in [-0.4, -0.2) is 24.2 Å². The van der Waals surface area contributed by atoms with Crippen molar-refractivity contribution in [3.63, 3.8) is 0 Å². The van der Waals surface area contributed by atoms with Gasteiger partial charge in [-0.1, -0.05) is 33.6 Å². The van der Waals surface area contributed by atoms with Crippen molar-refractivity contribution >= 4 is 23.3 Å². The van der Waals surface area contributed by atoms with Crippen LogP contribution >= 0.6 is 12.2 Å². The van der Waals surface area contributed by atoms with Crippen LogP contribution in [0.4, 0.5) is 0 Å². The zero-order valence-electron chi connectivity index (χ0n) is 11.5. The Kier molecular flexibility index (Phi) is 5.59. The third kappa shape index (κ3) is 3.02. The Morgan fingerprint density at radius 3 is 2.44 bits per heavy atom. The molecule has 1 rings (SSSR count). The number of esters is 1. The van der Waals surface area contributed by atoms with Crippen molar-refractivity contribution in [2.45, 2.75) is 46.1 Å². The van der Waals surface area contributed by atoms with Gasteiger partial charge in [-0.3, -0.25) is 0 Å². The van der Waals surface area contributed by atoms with Crippen molar-refractivity contribution < 1.29 is 9.53 Å². The lowest BCUT2D eigenvalue weighted by molar-refractivity contribution is -0.136. The summed E-state index contributed by atoms with van der Waals surface area (Å²) in [6, 6.07) is -0.0452. The highest BCUT2D eigenvalue weighted by Gasteiger charge is 2.34. The summed E-state index contributed by atoms with van der Waals surface area (Å²) < 4.78 is 4.91. The van der Waals surface area contributed by atoms with E-state index in [2.05, 4.69) is 24.5 Å². The van der Waals surface area contributed by atoms with Crippen LogP contribution < -0.4 is 10.6 Å². The van der Waals surface area contributed by atoms with Gasteiger partial charge in [-0.15, -0.1) is 0 Å². The van der Waals surface area contributed by atoms with Gasteiger partial charge in [0.1, 0.15) is 0 Å². The van der Waals surface area contributed by atoms with Crippen LogP contribution in [0, 0.1) is 5.92 Å². The second kappa shape index (κ2) is 6.73. The van der Waals surface area contributed by atoms with Crippen molar-refractivity contribution in [2.75, 3.05) is 7.11 Å². The summed E-state index contributed by atoms with van der Waals surface area (Å²) in [7, 11) is 1.42. The third-order valence-corrected chi connectivity index (χ3v) is 3.69. The maximum absolute atomic E-state index is 12.0. The molecule has 0 aromatic carbocycles. The number of hydrogen-bond donors (Lipinski definition) is 2. The standard InChI is InChI=1S/C13H22N2O2S/c1-5-8(6-2)11-10(12(16)17-4)9(7-3)14-13(18)15-11/h8,11H,5-7H2,1-4H3,(H2,14,15,18). The van der Waals surface area contributed by atoms with E-state index in [9.17, 15) is 4.79 Å². The molecule has 0 saturated heterocycles. The maximum Gasteiger partial charge on any atom is 0.337 e. The number of carbonyl (C=O) groups is 1. The maximum atomic E-state index is 12.0. The molecule has 4 nitrogen and oxygen atoms in total. The van der Waals surface area contributed by atoms with E-state index in [0.717, 1.165) is 25.0 Å². The van der Waals surface area contributed by atoms with Gasteiger partial charge >= 0.3 is 5.97 Å². The molecular weight excluding hydrogens is 248 g/mol. The third-order valence-electron chi connectivity index (χ3n) is 3.47. The molecule has 1 heterocycles. The molecule has 102 valence electrons. The average molecular weight is 270 g/mol. The minimum Gasteiger partial charge on any atom is -0.466 e. The first kappa shape index (κ1) is 15.0. The molecule has 1 aliphatic heterocycles. The molecule has 18 heavy (non-hydrogen) atoms. The normalized spacial score (nSPS) is 19.6. The van der Waals surface area contributed by atoms with Gasteiger partial charge in [0, 0.05) is 5.70 Å². The molecule has 1 aliphatic rings. The van der Waals surface area contributed by atoms with E-state index < -0.39 is 0 Å². The smallest absolute Gasteiger partial charge is 0.337 e. The molecule has 1 atom stereocenters. The Morgan fingerprint density at radius 2 is 2.00 bits per heavy atom. The Hall–Kier alpha value is -1.10. The highest BCUT2D eigenvalue weighted by atomic mass is 32.1. The lowest BCUT2D eigenvalue weighted by Gasteiger charge is -2.34. The molecule has 1 unspecified atom stereocenters. The van der Waals surface area contributed by atoms with E-state index >= 15 is 0 Å². The monoisotopic (exact) mass is 270 g/mol. The number of rotatable bonds is 5. The number of carbonyl (C=O) groups excluding carboxylic acids is 1. The van der Waals surface area contributed by atoms with Gasteiger partial charge < -0.3 is 15.4 Å². The van der Waals surface area contributed by atoms with Gasteiger partial charge in [-0.2, -0.15) is 0 Å². The van der Waals surface area contributed by atoms with Gasteiger partial charge in [0.05, 0.1) is 18.7 Å². The van der Waals surface area contributed by atoms with E-state index in [1.54, 1.807) is 0 Å². The minimum atomic E-state index is -0.272. The molecule has 0 radical (unpaired) electrons. The average Bonchev–Trinajstić information content (AvgIpc) is 2.38. The number of nitrogens with one attached hydrogen (secondary N) is 2. The Labute approximate surface area is 114 Å². The van der Waals surface area contributed by atoms with Crippen LogP contribution in [0.25, 0.3) is 0 Å². The lowest BCUT2D eigenvalue weighted by Crippen LogP contribution is -2.53. The molecular formula is C13H22N2O2S. The molecule has 2 N–H and O–H groups in total. The van der Waals surface area contributed by atoms with Crippen LogP contribution in [0.15, 0.2) is 11.3 Å². The summed E-state index contributed by atoms with van der Waals surface area (Å²) >= 11 is 5.21. The molecule has 0 fully saturated rings. The van der Waals surface area contributed by atoms with Gasteiger partial charge in [-0.25, -0.2) is 4.79 Å². The predicted octanol–water partition coefficient (Wildman–Crippen LogP) is 2.11. The number of allylic oxidation sites excluding steroid dienone is 1. The van der Waals surface area contributed by atoms with E-state index in [1.165, 1.54) is 7.11 Å². The molecule has 0 saturated carbocycles. The summed E-state index contributed by atoms with van der Waals surface area (Å²) in [6.07, 6.45) is 2.73. The fraction of sp³-hybridized carbons (Fsp3) is 0.692. The van der Waals surface area contributed by atoms with Crippen LogP contribution in [-0.2, 0) is 9.53 Å². The molecule has 0 spiro atoms. The molecule has 0 bridgehead atoms. The van der Waals surface area contributed by atoms with Crippen LogP contribution in [0.3, 0.4) is 0 Å². The first-order chi connectivity index (χ1) is 8.58. The van der Waals surface area contributed by atoms with Crippen LogP contribution in [0.5, 0.6) is 0 Å². The molecule has 0 aromatic rings. The number of ether oxygens (including phenoxy) is 1. The molecule has 0 amide bonds. The van der Waals surface area contributed by atoms with Crippen molar-refractivity contribution in [3.05, 3.63) is 11.3 Å². The van der Waals surface area contributed by atoms with Crippen molar-refractivity contribution in [3.8, 4) is 0 Å². The van der Waals surface area contributed by atoms with E-state index in [0.29, 0.717) is 16.6 Å². The minimum absolute atomic E-state index is 0.0452. The van der Waals surface area contributed by atoms with E-state index in [1.807, 2.05) is 6.92 Å². The molecule has 5 heteroatoms. The first-order valence-corrected chi connectivity index (χ1v) is 6.88. The fourth-order valence-corrected chi connectivity index (χ4v) is 2.64. The quantitative estimate of drug-likeness (QED) is 0.592. The Bertz CT molecular complexity index is 362. The van der Waals surface area contributed by atoms with E-state index in [-0.39, 0.29) is 12.0 Å². The zero-order chi connectivity index (χ0) is 13.7. The zero-order valence-corrected chi connectivity index (χ0v) is 12.3. The fourth-order valence-electron chi connectivity index (χ4n) is 2.39. The van der Waals surface area contributed by atoms with Crippen LogP contribution in [0.1, 0.15) is 40.0 Å². The van der Waals surface area contributed by atoms with Gasteiger partial charge in [-0.05, 0) is 24.6 Å². The first-order valence-electron chi connectivity index (χ1n) is 6.47. The topological polar surface area (TPSA) is 50.4 Å². The Balaban J connectivity index is 3.18. The number of thiocarbonyl (C=S) groups is 1. The van der Waals surface area contributed by atoms with Crippen molar-refractivity contribution in [1.82, 2.24) is 10.6 Å². The highest BCUT2D eigenvalue weighted by Crippen LogP contribution is 2.25. The summed E-state index contributed by atoms with van der Waals surface area (Å²) in [5, 5.41) is 6.87. The number of methoxy groups -OCH3 is 1. The molecule has 0 aliphatic carbocycles. The van der Waals surface area contributed by atoms with E-state index in [4.69, 9.17) is 17.0 Å². The van der Waals surface area contributed by atoms with Gasteiger partial charge in [0.15, 0.2) is 5.11 Å². The number of hydrogen-bond acceptors (Lipinski definition) is 3. The summed E-state index contributed by atoms with van der Waals surface area (Å²) in [5.74, 6) is 0.104. The lowest BCUT2D eigenvalue weighted by atomic mass is 9.86. The second-order valence-corrected chi connectivity index (χ2v) is 4.80. The van der Waals surface area contributed by atoms with Crippen LogP contribution in [0.2, 0.25) is 0 Å². The largest absolute Gasteiger partial charge is 0.466 e. The summed E-state index contributed by atoms with van der Waals surface area (Å²) in [6.45, 7) is 6.26. The van der Waals surface area contributed by atoms with Crippen molar-refractivity contribution in [1.29, 1.82) is 0 Å². The highest BCUT2D eigenvalue weighted by molar-refractivity contribution is 7.80. The summed E-state index contributed by atoms with van der Waals surface area (Å²) in [5.41, 5.74) is 1.57. The summed E-state index contributed by atoms with van der Waals surface area (Å²) in [4.78, 5) is 12.0. The Morgan fingerprint density at radius 1 is 1.39 bits per heavy atom. The van der Waals surface area contributed by atoms with Crippen molar-refractivity contribution in [2.24, 2.45) is 5.92 Å². The second-order valence-electron chi connectivity index (χ2n) is 4.39. The van der Waals surface area contributed by atoms with Gasteiger partial charge in [0.2, 0.25) is 0 Å².